The Hall–Kier alpha value is -3.37. The van der Waals surface area contributed by atoms with Crippen LogP contribution in [0.3, 0.4) is 0 Å². The molecular formula is C26H23ClN2O2. The number of nitrogens with one attached hydrogen (secondary N) is 1. The van der Waals surface area contributed by atoms with Crippen molar-refractivity contribution >= 4 is 40.4 Å². The first kappa shape index (κ1) is 20.9. The number of benzene rings is 3. The van der Waals surface area contributed by atoms with Crippen LogP contribution in [0.1, 0.15) is 27.8 Å². The van der Waals surface area contributed by atoms with Gasteiger partial charge in [-0.15, -0.1) is 0 Å². The molecule has 0 saturated heterocycles. The lowest BCUT2D eigenvalue weighted by Gasteiger charge is -2.17. The lowest BCUT2D eigenvalue weighted by Crippen LogP contribution is -2.32. The van der Waals surface area contributed by atoms with Crippen molar-refractivity contribution in [3.05, 3.63) is 99.2 Å². The van der Waals surface area contributed by atoms with Crippen molar-refractivity contribution in [3.8, 4) is 0 Å². The highest BCUT2D eigenvalue weighted by Gasteiger charge is 2.40. The normalized spacial score (nSPS) is 13.9. The van der Waals surface area contributed by atoms with Crippen molar-refractivity contribution in [2.45, 2.75) is 27.7 Å². The van der Waals surface area contributed by atoms with Gasteiger partial charge in [-0.3, -0.25) is 9.59 Å². The van der Waals surface area contributed by atoms with E-state index >= 15 is 0 Å². The third kappa shape index (κ3) is 3.99. The molecule has 0 unspecified atom stereocenters. The highest BCUT2D eigenvalue weighted by atomic mass is 35.5. The van der Waals surface area contributed by atoms with Crippen molar-refractivity contribution < 1.29 is 9.59 Å². The maximum absolute atomic E-state index is 13.6. The second-order valence-corrected chi connectivity index (χ2v) is 8.43. The Labute approximate surface area is 187 Å². The molecule has 0 bridgehead atoms. The zero-order valence-corrected chi connectivity index (χ0v) is 18.7. The van der Waals surface area contributed by atoms with Gasteiger partial charge >= 0.3 is 0 Å². The molecule has 0 saturated carbocycles. The Morgan fingerprint density at radius 3 is 2.03 bits per heavy atom. The Morgan fingerprint density at radius 2 is 1.39 bits per heavy atom. The zero-order valence-electron chi connectivity index (χ0n) is 17.9. The average molecular weight is 431 g/mol. The molecular weight excluding hydrogens is 408 g/mol. The SMILES string of the molecule is Cc1ccc(C2=C(Nc3cc(Cl)ccc3C)C(=O)N(c3cc(C)cc(C)c3)C2=O)cc1. The maximum Gasteiger partial charge on any atom is 0.282 e. The van der Waals surface area contributed by atoms with E-state index in [-0.39, 0.29) is 17.5 Å². The molecule has 4 nitrogen and oxygen atoms in total. The van der Waals surface area contributed by atoms with E-state index < -0.39 is 0 Å². The molecule has 5 heteroatoms. The van der Waals surface area contributed by atoms with E-state index in [2.05, 4.69) is 5.32 Å². The molecule has 31 heavy (non-hydrogen) atoms. The molecule has 1 N–H and O–H groups in total. The Morgan fingerprint density at radius 1 is 0.742 bits per heavy atom. The quantitative estimate of drug-likeness (QED) is 0.518. The first-order chi connectivity index (χ1) is 14.7. The molecule has 4 rings (SSSR count). The van der Waals surface area contributed by atoms with E-state index in [9.17, 15) is 9.59 Å². The molecule has 0 radical (unpaired) electrons. The summed E-state index contributed by atoms with van der Waals surface area (Å²) in [6, 6.07) is 18.7. The number of aryl methyl sites for hydroxylation is 4. The Balaban J connectivity index is 1.86. The molecule has 3 aromatic carbocycles. The second-order valence-electron chi connectivity index (χ2n) is 7.99. The summed E-state index contributed by atoms with van der Waals surface area (Å²) in [6.07, 6.45) is 0. The maximum atomic E-state index is 13.6. The summed E-state index contributed by atoms with van der Waals surface area (Å²) >= 11 is 6.18. The molecule has 0 fully saturated rings. The van der Waals surface area contributed by atoms with Crippen molar-refractivity contribution in [2.75, 3.05) is 10.2 Å². The summed E-state index contributed by atoms with van der Waals surface area (Å²) < 4.78 is 0. The summed E-state index contributed by atoms with van der Waals surface area (Å²) in [5.41, 5.74) is 6.52. The summed E-state index contributed by atoms with van der Waals surface area (Å²) in [5.74, 6) is -0.731. The number of nitrogens with zero attached hydrogens (tertiary/aromatic N) is 1. The number of hydrogen-bond donors (Lipinski definition) is 1. The van der Waals surface area contributed by atoms with E-state index in [4.69, 9.17) is 11.6 Å². The molecule has 0 atom stereocenters. The molecule has 156 valence electrons. The van der Waals surface area contributed by atoms with Gasteiger partial charge in [0.15, 0.2) is 0 Å². The number of halogens is 1. The number of hydrogen-bond acceptors (Lipinski definition) is 3. The fourth-order valence-corrected chi connectivity index (χ4v) is 3.98. The third-order valence-corrected chi connectivity index (χ3v) is 5.58. The van der Waals surface area contributed by atoms with Crippen LogP contribution < -0.4 is 10.2 Å². The summed E-state index contributed by atoms with van der Waals surface area (Å²) in [6.45, 7) is 7.80. The summed E-state index contributed by atoms with van der Waals surface area (Å²) in [7, 11) is 0. The monoisotopic (exact) mass is 430 g/mol. The van der Waals surface area contributed by atoms with Crippen LogP contribution in [-0.2, 0) is 9.59 Å². The lowest BCUT2D eigenvalue weighted by atomic mass is 10.0. The van der Waals surface area contributed by atoms with Crippen LogP contribution in [-0.4, -0.2) is 11.8 Å². The topological polar surface area (TPSA) is 49.4 Å². The van der Waals surface area contributed by atoms with Crippen LogP contribution in [0.15, 0.2) is 66.4 Å². The molecule has 1 aliphatic rings. The summed E-state index contributed by atoms with van der Waals surface area (Å²) in [5, 5.41) is 3.76. The number of carbonyl (C=O) groups excluding carboxylic acids is 2. The van der Waals surface area contributed by atoms with Gasteiger partial charge in [0.05, 0.1) is 11.3 Å². The van der Waals surface area contributed by atoms with Crippen LogP contribution in [0.4, 0.5) is 11.4 Å². The standard InChI is InChI=1S/C26H23ClN2O2/c1-15-5-8-19(9-6-15)23-24(28-22-14-20(27)10-7-18(22)4)26(31)29(25(23)30)21-12-16(2)11-17(3)13-21/h5-14,28H,1-4H3. The third-order valence-electron chi connectivity index (χ3n) is 5.35. The molecule has 1 heterocycles. The van der Waals surface area contributed by atoms with Gasteiger partial charge in [-0.05, 0) is 74.2 Å². The van der Waals surface area contributed by atoms with E-state index in [0.29, 0.717) is 27.5 Å². The van der Waals surface area contributed by atoms with Gasteiger partial charge in [0.1, 0.15) is 5.70 Å². The Bertz CT molecular complexity index is 1220. The van der Waals surface area contributed by atoms with Gasteiger partial charge in [-0.2, -0.15) is 0 Å². The number of anilines is 2. The highest BCUT2D eigenvalue weighted by Crippen LogP contribution is 2.35. The minimum atomic E-state index is -0.384. The summed E-state index contributed by atoms with van der Waals surface area (Å²) in [4.78, 5) is 28.3. The van der Waals surface area contributed by atoms with Crippen LogP contribution in [0.5, 0.6) is 0 Å². The van der Waals surface area contributed by atoms with Crippen molar-refractivity contribution in [1.82, 2.24) is 0 Å². The number of amides is 2. The lowest BCUT2D eigenvalue weighted by molar-refractivity contribution is -0.120. The molecule has 0 aliphatic carbocycles. The first-order valence-electron chi connectivity index (χ1n) is 10.1. The molecule has 0 spiro atoms. The van der Waals surface area contributed by atoms with Gasteiger partial charge < -0.3 is 5.32 Å². The van der Waals surface area contributed by atoms with Crippen molar-refractivity contribution in [3.63, 3.8) is 0 Å². The van der Waals surface area contributed by atoms with Gasteiger partial charge in [0.2, 0.25) is 0 Å². The van der Waals surface area contributed by atoms with E-state index in [0.717, 1.165) is 22.3 Å². The number of imide groups is 1. The predicted octanol–water partition coefficient (Wildman–Crippen LogP) is 5.97. The van der Waals surface area contributed by atoms with Gasteiger partial charge in [0, 0.05) is 10.7 Å². The average Bonchev–Trinajstić information content (AvgIpc) is 2.94. The number of carbonyl (C=O) groups is 2. The zero-order chi connectivity index (χ0) is 22.3. The van der Waals surface area contributed by atoms with Crippen LogP contribution in [0.2, 0.25) is 5.02 Å². The fourth-order valence-electron chi connectivity index (χ4n) is 3.81. The first-order valence-corrected chi connectivity index (χ1v) is 10.4. The van der Waals surface area contributed by atoms with Crippen molar-refractivity contribution in [2.24, 2.45) is 0 Å². The fraction of sp³-hybridized carbons (Fsp3) is 0.154. The minimum Gasteiger partial charge on any atom is -0.350 e. The minimum absolute atomic E-state index is 0.248. The molecule has 3 aromatic rings. The van der Waals surface area contributed by atoms with Crippen LogP contribution >= 0.6 is 11.6 Å². The van der Waals surface area contributed by atoms with Gasteiger partial charge in [-0.1, -0.05) is 53.6 Å². The van der Waals surface area contributed by atoms with Gasteiger partial charge in [-0.25, -0.2) is 4.90 Å². The van der Waals surface area contributed by atoms with Crippen molar-refractivity contribution in [1.29, 1.82) is 0 Å². The van der Waals surface area contributed by atoms with E-state index in [1.165, 1.54) is 4.90 Å². The smallest absolute Gasteiger partial charge is 0.282 e. The predicted molar refractivity (Wildman–Crippen MR) is 126 cm³/mol. The molecule has 1 aliphatic heterocycles. The number of rotatable bonds is 4. The largest absolute Gasteiger partial charge is 0.350 e. The highest BCUT2D eigenvalue weighted by molar-refractivity contribution is 6.46. The molecule has 0 aromatic heterocycles. The van der Waals surface area contributed by atoms with E-state index in [1.54, 1.807) is 12.1 Å². The van der Waals surface area contributed by atoms with E-state index in [1.807, 2.05) is 76.2 Å². The van der Waals surface area contributed by atoms with Crippen LogP contribution in [0, 0.1) is 27.7 Å². The Kier molecular flexibility index (Phi) is 5.42. The molecule has 2 amide bonds. The second kappa shape index (κ2) is 8.05. The van der Waals surface area contributed by atoms with Crippen LogP contribution in [0.25, 0.3) is 5.57 Å². The van der Waals surface area contributed by atoms with Gasteiger partial charge in [0.25, 0.3) is 11.8 Å².